The molecule has 2 aromatic rings. The Morgan fingerprint density at radius 3 is 1.80 bits per heavy atom. The van der Waals surface area contributed by atoms with Crippen molar-refractivity contribution in [3.8, 4) is 0 Å². The fourth-order valence-electron chi connectivity index (χ4n) is 1.48. The number of hydrogen-bond acceptors (Lipinski definition) is 6. The third-order valence-electron chi connectivity index (χ3n) is 2.56. The molecule has 1 heterocycles. The van der Waals surface area contributed by atoms with Crippen molar-refractivity contribution in [3.63, 3.8) is 0 Å². The van der Waals surface area contributed by atoms with E-state index < -0.39 is 63.2 Å². The van der Waals surface area contributed by atoms with Crippen LogP contribution < -0.4 is 9.94 Å². The molecule has 0 spiro atoms. The van der Waals surface area contributed by atoms with Crippen LogP contribution in [0.1, 0.15) is 0 Å². The Bertz CT molecular complexity index is 1120. The van der Waals surface area contributed by atoms with Crippen LogP contribution in [-0.4, -0.2) is 26.6 Å². The maximum absolute atomic E-state index is 13.6. The van der Waals surface area contributed by atoms with Crippen molar-refractivity contribution < 1.29 is 38.8 Å². The van der Waals surface area contributed by atoms with E-state index in [0.29, 0.717) is 4.68 Å². The Balaban J connectivity index is 2.81. The molecule has 0 aliphatic carbocycles. The number of rotatable bonds is 3. The molecule has 0 radical (unpaired) electrons. The third-order valence-corrected chi connectivity index (χ3v) is 6.27. The zero-order valence-corrected chi connectivity index (χ0v) is 14.1. The van der Waals surface area contributed by atoms with Crippen molar-refractivity contribution in [1.29, 1.82) is 0 Å². The predicted octanol–water partition coefficient (Wildman–Crippen LogP) is 0.114. The summed E-state index contributed by atoms with van der Waals surface area (Å²) >= 11 is 0.0978. The van der Waals surface area contributed by atoms with Gasteiger partial charge < -0.3 is 0 Å². The fourth-order valence-corrected chi connectivity index (χ4v) is 4.39. The van der Waals surface area contributed by atoms with E-state index in [-0.39, 0.29) is 11.3 Å². The van der Waals surface area contributed by atoms with Crippen LogP contribution in [0, 0.1) is 29.1 Å². The van der Waals surface area contributed by atoms with Crippen molar-refractivity contribution in [3.05, 3.63) is 33.9 Å². The summed E-state index contributed by atoms with van der Waals surface area (Å²) in [7, 11) is -8.78. The molecular weight excluding hydrogens is 419 g/mol. The van der Waals surface area contributed by atoms with Gasteiger partial charge in [-0.25, -0.2) is 40.2 Å². The number of nitrogens with two attached hydrogens (primary N) is 1. The summed E-state index contributed by atoms with van der Waals surface area (Å²) in [4.78, 5) is -2.93. The highest BCUT2D eigenvalue weighted by Gasteiger charge is 2.33. The van der Waals surface area contributed by atoms with Crippen LogP contribution in [0.5, 0.6) is 0 Å². The highest BCUT2D eigenvalue weighted by Crippen LogP contribution is 2.27. The third kappa shape index (κ3) is 3.42. The highest BCUT2D eigenvalue weighted by molar-refractivity contribution is 7.91. The molecule has 0 amide bonds. The van der Waals surface area contributed by atoms with Gasteiger partial charge in [-0.05, 0) is 0 Å². The first-order valence-corrected chi connectivity index (χ1v) is 9.47. The van der Waals surface area contributed by atoms with Gasteiger partial charge >= 0.3 is 0 Å². The van der Waals surface area contributed by atoms with Gasteiger partial charge in [-0.3, -0.25) is 0 Å². The molecule has 0 aliphatic heterocycles. The van der Waals surface area contributed by atoms with E-state index in [1.54, 1.807) is 0 Å². The van der Waals surface area contributed by atoms with Gasteiger partial charge in [0.25, 0.3) is 20.0 Å². The molecule has 2 rings (SSSR count). The smallest absolute Gasteiger partial charge is 0.239 e. The van der Waals surface area contributed by atoms with Gasteiger partial charge in [0.2, 0.25) is 15.0 Å². The maximum Gasteiger partial charge on any atom is 0.291 e. The van der Waals surface area contributed by atoms with Crippen LogP contribution in [0.4, 0.5) is 22.0 Å². The van der Waals surface area contributed by atoms with E-state index in [2.05, 4.69) is 9.50 Å². The monoisotopic (exact) mass is 424 g/mol. The number of nitrogens with zero attached hydrogens (tertiary/aromatic N) is 3. The lowest BCUT2D eigenvalue weighted by Crippen LogP contribution is -2.18. The second kappa shape index (κ2) is 6.11. The molecule has 0 atom stereocenters. The summed E-state index contributed by atoms with van der Waals surface area (Å²) in [5.41, 5.74) is 0. The second-order valence-corrected chi connectivity index (χ2v) is 8.52. The molecule has 138 valence electrons. The van der Waals surface area contributed by atoms with E-state index in [1.807, 2.05) is 0 Å². The highest BCUT2D eigenvalue weighted by atomic mass is 32.2. The largest absolute Gasteiger partial charge is 0.291 e. The summed E-state index contributed by atoms with van der Waals surface area (Å²) in [6.07, 6.45) is 0. The molecule has 0 fully saturated rings. The Morgan fingerprint density at radius 1 is 0.960 bits per heavy atom. The normalized spacial score (nSPS) is 13.5. The van der Waals surface area contributed by atoms with Gasteiger partial charge in [0.1, 0.15) is 0 Å². The van der Waals surface area contributed by atoms with Crippen molar-refractivity contribution >= 4 is 31.4 Å². The van der Waals surface area contributed by atoms with Crippen molar-refractivity contribution in [2.24, 2.45) is 16.6 Å². The average molecular weight is 424 g/mol. The molecule has 0 unspecified atom stereocenters. The minimum Gasteiger partial charge on any atom is -0.239 e. The number of aromatic nitrogens is 2. The molecule has 1 aromatic carbocycles. The lowest BCUT2D eigenvalue weighted by molar-refractivity contribution is 0.357. The first kappa shape index (κ1) is 19.4. The number of aryl methyl sites for hydroxylation is 1. The minimum atomic E-state index is -5.45. The van der Waals surface area contributed by atoms with E-state index in [9.17, 15) is 38.8 Å². The van der Waals surface area contributed by atoms with Gasteiger partial charge in [0.05, 0.1) is 0 Å². The number of benzene rings is 1. The van der Waals surface area contributed by atoms with Gasteiger partial charge in [-0.15, -0.1) is 9.50 Å². The lowest BCUT2D eigenvalue weighted by atomic mass is 10.3. The number of sulfonamides is 2. The Labute approximate surface area is 140 Å². The molecule has 0 saturated heterocycles. The quantitative estimate of drug-likeness (QED) is 0.426. The van der Waals surface area contributed by atoms with Crippen molar-refractivity contribution in [2.45, 2.75) is 9.24 Å². The van der Waals surface area contributed by atoms with Crippen molar-refractivity contribution in [1.82, 2.24) is 9.78 Å². The number of primary sulfonamides is 1. The molecule has 8 nitrogen and oxygen atoms in total. The lowest BCUT2D eigenvalue weighted by Gasteiger charge is -2.05. The molecule has 2 N–H and O–H groups in total. The van der Waals surface area contributed by atoms with Gasteiger partial charge in [-0.2, -0.15) is 8.42 Å². The Kier molecular flexibility index (Phi) is 4.75. The van der Waals surface area contributed by atoms with Crippen molar-refractivity contribution in [2.75, 3.05) is 0 Å². The first-order chi connectivity index (χ1) is 11.3. The van der Waals surface area contributed by atoms with Crippen LogP contribution in [-0.2, 0) is 27.1 Å². The standard InChI is InChI=1S/C9H5F5N4O4S3/c1-18-8(23-9(16-18)24(15,19)20)17-25(21,22)7-5(13)3(11)2(10)4(12)6(7)14/h1H3,(H2,15,19,20)/b17-8+. The Morgan fingerprint density at radius 2 is 1.40 bits per heavy atom. The van der Waals surface area contributed by atoms with Crippen LogP contribution in [0.2, 0.25) is 0 Å². The summed E-state index contributed by atoms with van der Waals surface area (Å²) in [5.74, 6) is -12.7. The summed E-state index contributed by atoms with van der Waals surface area (Å²) < 4.78 is 115. The van der Waals surface area contributed by atoms with Gasteiger partial charge in [-0.1, -0.05) is 11.3 Å². The Hall–Kier alpha value is -1.91. The number of hydrogen-bond donors (Lipinski definition) is 1. The number of halogens is 5. The molecule has 0 aliphatic rings. The molecule has 1 aromatic heterocycles. The maximum atomic E-state index is 13.6. The van der Waals surface area contributed by atoms with E-state index in [0.717, 1.165) is 7.05 Å². The molecule has 0 bridgehead atoms. The van der Waals surface area contributed by atoms with E-state index in [1.165, 1.54) is 0 Å². The zero-order valence-electron chi connectivity index (χ0n) is 11.7. The minimum absolute atomic E-state index is 0.0978. The molecule has 25 heavy (non-hydrogen) atoms. The molecule has 16 heteroatoms. The van der Waals surface area contributed by atoms with Gasteiger partial charge in [0.15, 0.2) is 28.2 Å². The van der Waals surface area contributed by atoms with Crippen LogP contribution in [0.25, 0.3) is 0 Å². The van der Waals surface area contributed by atoms with Crippen LogP contribution in [0.15, 0.2) is 13.6 Å². The van der Waals surface area contributed by atoms with Crippen LogP contribution >= 0.6 is 11.3 Å². The second-order valence-electron chi connectivity index (χ2n) is 4.28. The molecular formula is C9H5F5N4O4S3. The zero-order chi connectivity index (χ0) is 19.3. The van der Waals surface area contributed by atoms with Crippen LogP contribution in [0.3, 0.4) is 0 Å². The fraction of sp³-hybridized carbons (Fsp3) is 0.111. The van der Waals surface area contributed by atoms with Gasteiger partial charge in [0, 0.05) is 7.05 Å². The predicted molar refractivity (Wildman–Crippen MR) is 71.4 cm³/mol. The first-order valence-electron chi connectivity index (χ1n) is 5.66. The van der Waals surface area contributed by atoms with E-state index in [4.69, 9.17) is 5.14 Å². The average Bonchev–Trinajstić information content (AvgIpc) is 2.83. The summed E-state index contributed by atoms with van der Waals surface area (Å²) in [6.45, 7) is 0. The SMILES string of the molecule is Cn1nc(S(N)(=O)=O)s/c1=N/S(=O)(=O)c1c(F)c(F)c(F)c(F)c1F. The topological polar surface area (TPSA) is 124 Å². The summed E-state index contributed by atoms with van der Waals surface area (Å²) in [5, 5.41) is 8.10. The summed E-state index contributed by atoms with van der Waals surface area (Å²) in [6, 6.07) is 0. The van der Waals surface area contributed by atoms with E-state index >= 15 is 0 Å². The molecule has 0 saturated carbocycles.